The van der Waals surface area contributed by atoms with Crippen molar-refractivity contribution in [2.24, 2.45) is 5.92 Å². The maximum absolute atomic E-state index is 13.5. The third kappa shape index (κ3) is 1.81. The van der Waals surface area contributed by atoms with Crippen molar-refractivity contribution >= 4 is 5.91 Å². The monoisotopic (exact) mass is 302 g/mol. The minimum Gasteiger partial charge on any atom is -0.333 e. The van der Waals surface area contributed by atoms with E-state index in [0.29, 0.717) is 24.9 Å². The number of amides is 1. The second-order valence-corrected chi connectivity index (χ2v) is 6.79. The van der Waals surface area contributed by atoms with Gasteiger partial charge in [0.05, 0.1) is 2.74 Å². The van der Waals surface area contributed by atoms with Gasteiger partial charge in [-0.25, -0.2) is 0 Å². The molecule has 22 heavy (non-hydrogen) atoms. The molecule has 6 rings (SSSR count). The highest BCUT2D eigenvalue weighted by atomic mass is 16.2. The number of carbonyl (C=O) groups excluding carboxylic acids is 1. The van der Waals surface area contributed by atoms with Crippen molar-refractivity contribution in [3.8, 4) is 0 Å². The van der Waals surface area contributed by atoms with Crippen LogP contribution in [0.5, 0.6) is 0 Å². The fraction of sp³-hybridized carbons (Fsp3) is 0.632. The SMILES string of the molecule is [2H]C1([2H])[C@H]2CCCc3cccc(c32)C(=O)N1[C@@H]1CN2CC[C@H]1C([2H])([2H])C2([2H])[2H]. The molecule has 1 amide bonds. The molecule has 4 atom stereocenters. The van der Waals surface area contributed by atoms with E-state index >= 15 is 0 Å². The Morgan fingerprint density at radius 3 is 3.14 bits per heavy atom. The Balaban J connectivity index is 1.63. The van der Waals surface area contributed by atoms with Crippen LogP contribution in [-0.2, 0) is 6.42 Å². The molecule has 4 heterocycles. The van der Waals surface area contributed by atoms with Crippen molar-refractivity contribution in [1.29, 1.82) is 0 Å². The van der Waals surface area contributed by atoms with Crippen LogP contribution < -0.4 is 0 Å². The smallest absolute Gasteiger partial charge is 0.254 e. The van der Waals surface area contributed by atoms with E-state index in [1.807, 2.05) is 12.1 Å². The van der Waals surface area contributed by atoms with E-state index in [-0.39, 0.29) is 12.5 Å². The summed E-state index contributed by atoms with van der Waals surface area (Å²) in [4.78, 5) is 16.2. The Bertz CT molecular complexity index is 857. The summed E-state index contributed by atoms with van der Waals surface area (Å²) < 4.78 is 51.1. The number of aryl methyl sites for hydroxylation is 1. The number of hydrogen-bond donors (Lipinski definition) is 0. The number of hydrogen-bond acceptors (Lipinski definition) is 2. The third-order valence-electron chi connectivity index (χ3n) is 5.55. The van der Waals surface area contributed by atoms with Gasteiger partial charge >= 0.3 is 0 Å². The molecule has 1 aromatic carbocycles. The zero-order valence-corrected chi connectivity index (χ0v) is 12.5. The molecule has 116 valence electrons. The molecular formula is C19H24N2O. The second-order valence-electron chi connectivity index (χ2n) is 6.79. The summed E-state index contributed by atoms with van der Waals surface area (Å²) in [5.74, 6) is -1.52. The molecule has 4 aliphatic heterocycles. The first-order valence-electron chi connectivity index (χ1n) is 11.3. The number of carbonyl (C=O) groups is 1. The van der Waals surface area contributed by atoms with Gasteiger partial charge in [0.2, 0.25) is 0 Å². The van der Waals surface area contributed by atoms with Gasteiger partial charge in [0.1, 0.15) is 0 Å². The lowest BCUT2D eigenvalue weighted by atomic mass is 9.75. The number of benzene rings is 1. The van der Waals surface area contributed by atoms with Gasteiger partial charge in [-0.1, -0.05) is 12.1 Å². The summed E-state index contributed by atoms with van der Waals surface area (Å²) in [6.07, 6.45) is 0.668. The first-order chi connectivity index (χ1) is 13.1. The van der Waals surface area contributed by atoms with Crippen LogP contribution in [0.4, 0.5) is 0 Å². The highest BCUT2D eigenvalue weighted by molar-refractivity contribution is 5.97. The van der Waals surface area contributed by atoms with Crippen molar-refractivity contribution in [1.82, 2.24) is 9.80 Å². The highest BCUT2D eigenvalue weighted by Gasteiger charge is 2.43. The third-order valence-corrected chi connectivity index (χ3v) is 5.55. The molecule has 1 aliphatic carbocycles. The fourth-order valence-corrected chi connectivity index (χ4v) is 4.44. The molecule has 0 spiro atoms. The van der Waals surface area contributed by atoms with Crippen LogP contribution in [0.15, 0.2) is 18.2 Å². The van der Waals surface area contributed by atoms with Gasteiger partial charge in [0.25, 0.3) is 5.91 Å². The van der Waals surface area contributed by atoms with E-state index in [1.54, 1.807) is 6.07 Å². The zero-order valence-electron chi connectivity index (χ0n) is 18.5. The van der Waals surface area contributed by atoms with Crippen LogP contribution in [0.2, 0.25) is 0 Å². The lowest BCUT2D eigenvalue weighted by Crippen LogP contribution is -2.60. The molecule has 3 fully saturated rings. The summed E-state index contributed by atoms with van der Waals surface area (Å²) in [5, 5.41) is 0. The molecule has 0 radical (unpaired) electrons. The van der Waals surface area contributed by atoms with Crippen LogP contribution in [0.3, 0.4) is 0 Å². The van der Waals surface area contributed by atoms with E-state index in [9.17, 15) is 4.79 Å². The molecule has 3 heteroatoms. The Morgan fingerprint density at radius 2 is 2.23 bits per heavy atom. The average molecular weight is 302 g/mol. The van der Waals surface area contributed by atoms with Crippen molar-refractivity contribution in [2.45, 2.75) is 44.0 Å². The van der Waals surface area contributed by atoms with E-state index in [4.69, 9.17) is 8.22 Å². The van der Waals surface area contributed by atoms with Gasteiger partial charge in [-0.2, -0.15) is 0 Å². The first kappa shape index (κ1) is 8.49. The highest BCUT2D eigenvalue weighted by Crippen LogP contribution is 2.41. The maximum Gasteiger partial charge on any atom is 0.254 e. The number of piperidine rings is 3. The van der Waals surface area contributed by atoms with E-state index in [0.717, 1.165) is 24.0 Å². The Hall–Kier alpha value is -1.35. The van der Waals surface area contributed by atoms with Gasteiger partial charge in [0.15, 0.2) is 0 Å². The number of fused-ring (bicyclic) bond motifs is 3. The summed E-state index contributed by atoms with van der Waals surface area (Å²) >= 11 is 0. The van der Waals surface area contributed by atoms with Gasteiger partial charge in [-0.3, -0.25) is 4.79 Å². The first-order valence-corrected chi connectivity index (χ1v) is 8.29. The van der Waals surface area contributed by atoms with E-state index < -0.39 is 37.2 Å². The van der Waals surface area contributed by atoms with Crippen molar-refractivity contribution < 1.29 is 13.0 Å². The second kappa shape index (κ2) is 4.82. The lowest BCUT2D eigenvalue weighted by Gasteiger charge is -2.51. The Labute approximate surface area is 140 Å². The fourth-order valence-electron chi connectivity index (χ4n) is 4.44. The van der Waals surface area contributed by atoms with Crippen LogP contribution in [-0.4, -0.2) is 47.8 Å². The average Bonchev–Trinajstić information content (AvgIpc) is 2.64. The summed E-state index contributed by atoms with van der Waals surface area (Å²) in [5.41, 5.74) is 2.42. The summed E-state index contributed by atoms with van der Waals surface area (Å²) in [7, 11) is 0. The van der Waals surface area contributed by atoms with Crippen LogP contribution in [0, 0.1) is 5.92 Å². The van der Waals surface area contributed by atoms with Crippen LogP contribution in [0.1, 0.15) is 61.3 Å². The molecule has 5 aliphatic rings. The topological polar surface area (TPSA) is 23.6 Å². The Morgan fingerprint density at radius 1 is 1.27 bits per heavy atom. The molecular weight excluding hydrogens is 272 g/mol. The summed E-state index contributed by atoms with van der Waals surface area (Å²) in [6, 6.07) is 4.92. The predicted octanol–water partition coefficient (Wildman–Crippen LogP) is 2.66. The Kier molecular flexibility index (Phi) is 1.86. The molecule has 0 aromatic heterocycles. The van der Waals surface area contributed by atoms with Gasteiger partial charge in [0, 0.05) is 36.0 Å². The van der Waals surface area contributed by atoms with E-state index in [2.05, 4.69) is 0 Å². The minimum atomic E-state index is -2.14. The van der Waals surface area contributed by atoms with E-state index in [1.165, 1.54) is 9.80 Å². The number of nitrogens with zero attached hydrogens (tertiary/aromatic N) is 2. The van der Waals surface area contributed by atoms with Gasteiger partial charge in [-0.15, -0.1) is 0 Å². The van der Waals surface area contributed by atoms with Crippen molar-refractivity contribution in [3.63, 3.8) is 0 Å². The largest absolute Gasteiger partial charge is 0.333 e. The van der Waals surface area contributed by atoms with Crippen molar-refractivity contribution in [2.75, 3.05) is 26.1 Å². The molecule has 2 bridgehead atoms. The predicted molar refractivity (Wildman–Crippen MR) is 86.1 cm³/mol. The zero-order chi connectivity index (χ0) is 20.1. The standard InChI is InChI=1S/C19H24N2O/c22-19-16-6-2-4-14-3-1-5-15(18(14)16)11-21(19)17-12-20-9-7-13(17)8-10-20/h2,4,6,13,15,17H,1,3,5,7-12H2/t15-,17-/m1/s1/i7D2,9D2,11D2/t13-,15-,17-. The normalized spacial score (nSPS) is 47.3. The molecule has 0 saturated carbocycles. The van der Waals surface area contributed by atoms with Gasteiger partial charge < -0.3 is 9.80 Å². The molecule has 0 N–H and O–H groups in total. The van der Waals surface area contributed by atoms with Crippen molar-refractivity contribution in [3.05, 3.63) is 34.9 Å². The molecule has 3 nitrogen and oxygen atoms in total. The quantitative estimate of drug-likeness (QED) is 0.796. The van der Waals surface area contributed by atoms with Gasteiger partial charge in [-0.05, 0) is 68.2 Å². The summed E-state index contributed by atoms with van der Waals surface area (Å²) in [6.45, 7) is -3.41. The minimum absolute atomic E-state index is 0.171. The van der Waals surface area contributed by atoms with Crippen LogP contribution >= 0.6 is 0 Å². The lowest BCUT2D eigenvalue weighted by molar-refractivity contribution is 0.00258. The molecule has 1 aromatic rings. The number of rotatable bonds is 1. The molecule has 3 saturated heterocycles. The van der Waals surface area contributed by atoms with Crippen LogP contribution in [0.25, 0.3) is 0 Å². The molecule has 1 unspecified atom stereocenters. The maximum atomic E-state index is 13.5.